The smallest absolute Gasteiger partial charge is 0.236 e. The summed E-state index contributed by atoms with van der Waals surface area (Å²) in [5.74, 6) is 1.50. The number of nitriles is 1. The Morgan fingerprint density at radius 1 is 0.974 bits per heavy atom. The van der Waals surface area contributed by atoms with Crippen molar-refractivity contribution in [1.29, 1.82) is 5.26 Å². The zero-order valence-electron chi connectivity index (χ0n) is 20.9. The van der Waals surface area contributed by atoms with Crippen molar-refractivity contribution in [3.63, 3.8) is 0 Å². The Morgan fingerprint density at radius 2 is 1.71 bits per heavy atom. The maximum Gasteiger partial charge on any atom is 0.236 e. The first-order valence-electron chi connectivity index (χ1n) is 11.9. The lowest BCUT2D eigenvalue weighted by Crippen LogP contribution is -2.49. The van der Waals surface area contributed by atoms with Gasteiger partial charge in [0.25, 0.3) is 0 Å². The molecule has 3 atom stereocenters. The van der Waals surface area contributed by atoms with Crippen LogP contribution >= 0.6 is 0 Å². The molecule has 0 saturated carbocycles. The van der Waals surface area contributed by atoms with E-state index in [-0.39, 0.29) is 5.95 Å². The number of rotatable bonds is 6. The summed E-state index contributed by atoms with van der Waals surface area (Å²) in [5.41, 5.74) is -0.260. The molecule has 1 aliphatic heterocycles. The molecule has 1 aliphatic carbocycles. The van der Waals surface area contributed by atoms with Gasteiger partial charge in [-0.25, -0.2) is 9.97 Å². The molecule has 38 heavy (non-hydrogen) atoms. The topological polar surface area (TPSA) is 119 Å². The monoisotopic (exact) mass is 508 g/mol. The second kappa shape index (κ2) is 8.64. The summed E-state index contributed by atoms with van der Waals surface area (Å²) in [7, 11) is 4.68. The molecule has 2 heterocycles. The van der Waals surface area contributed by atoms with E-state index in [1.165, 1.54) is 7.11 Å². The van der Waals surface area contributed by atoms with Gasteiger partial charge in [0.15, 0.2) is 17.4 Å². The molecule has 3 aromatic carbocycles. The molecule has 0 saturated heterocycles. The van der Waals surface area contributed by atoms with E-state index in [9.17, 15) is 10.4 Å². The largest absolute Gasteiger partial charge is 0.497 e. The van der Waals surface area contributed by atoms with Crippen molar-refractivity contribution in [2.75, 3.05) is 26.6 Å². The Hall–Kier alpha value is -4.81. The lowest BCUT2D eigenvalue weighted by Gasteiger charge is -2.40. The number of nitrogens with one attached hydrogen (secondary N) is 1. The number of fused-ring (bicyclic) bond motifs is 5. The van der Waals surface area contributed by atoms with E-state index < -0.39 is 17.1 Å². The first-order valence-corrected chi connectivity index (χ1v) is 11.9. The third-order valence-electron chi connectivity index (χ3n) is 7.36. The van der Waals surface area contributed by atoms with Gasteiger partial charge in [0, 0.05) is 29.5 Å². The predicted octanol–water partition coefficient (Wildman–Crippen LogP) is 4.06. The summed E-state index contributed by atoms with van der Waals surface area (Å²) >= 11 is 0. The molecule has 0 amide bonds. The lowest BCUT2D eigenvalue weighted by atomic mass is 9.70. The number of aromatic nitrogens is 2. The summed E-state index contributed by atoms with van der Waals surface area (Å²) in [5, 5.41) is 24.8. The highest BCUT2D eigenvalue weighted by Gasteiger charge is 2.73. The summed E-state index contributed by atoms with van der Waals surface area (Å²) in [6.45, 7) is 0. The van der Waals surface area contributed by atoms with Crippen molar-refractivity contribution in [3.8, 4) is 29.2 Å². The highest BCUT2D eigenvalue weighted by Crippen LogP contribution is 2.70. The average molecular weight is 509 g/mol. The van der Waals surface area contributed by atoms with Crippen molar-refractivity contribution in [1.82, 2.24) is 9.97 Å². The van der Waals surface area contributed by atoms with Gasteiger partial charge in [0.1, 0.15) is 23.0 Å². The molecule has 2 aliphatic rings. The zero-order chi connectivity index (χ0) is 26.5. The van der Waals surface area contributed by atoms with Crippen LogP contribution in [0.1, 0.15) is 33.9 Å². The van der Waals surface area contributed by atoms with Crippen LogP contribution in [0.25, 0.3) is 0 Å². The fourth-order valence-corrected chi connectivity index (χ4v) is 5.83. The first kappa shape index (κ1) is 23.6. The van der Waals surface area contributed by atoms with E-state index in [0.717, 1.165) is 5.56 Å². The van der Waals surface area contributed by atoms with E-state index in [1.807, 2.05) is 60.8 Å². The second-order valence-corrected chi connectivity index (χ2v) is 9.06. The van der Waals surface area contributed by atoms with Crippen LogP contribution in [0.5, 0.6) is 23.0 Å². The van der Waals surface area contributed by atoms with Gasteiger partial charge in [-0.05, 0) is 17.7 Å². The van der Waals surface area contributed by atoms with Crippen LogP contribution in [-0.2, 0) is 11.2 Å². The maximum absolute atomic E-state index is 13.1. The molecule has 6 rings (SSSR count). The van der Waals surface area contributed by atoms with Gasteiger partial charge in [-0.3, -0.25) is 5.32 Å². The Kier molecular flexibility index (Phi) is 5.36. The first-order chi connectivity index (χ1) is 18.5. The van der Waals surface area contributed by atoms with Crippen LogP contribution in [0.3, 0.4) is 0 Å². The summed E-state index contributed by atoms with van der Waals surface area (Å²) in [4.78, 5) is 9.04. The van der Waals surface area contributed by atoms with Gasteiger partial charge in [0.2, 0.25) is 5.95 Å². The molecule has 0 bridgehead atoms. The van der Waals surface area contributed by atoms with E-state index in [1.54, 1.807) is 32.5 Å². The molecule has 0 radical (unpaired) electrons. The van der Waals surface area contributed by atoms with Crippen molar-refractivity contribution in [3.05, 3.63) is 101 Å². The van der Waals surface area contributed by atoms with Gasteiger partial charge in [-0.1, -0.05) is 42.5 Å². The number of benzene rings is 3. The minimum absolute atomic E-state index is 0.0675. The van der Waals surface area contributed by atoms with E-state index in [0.29, 0.717) is 45.4 Å². The number of anilines is 1. The van der Waals surface area contributed by atoms with Crippen LogP contribution in [0.2, 0.25) is 0 Å². The molecule has 190 valence electrons. The van der Waals surface area contributed by atoms with E-state index >= 15 is 0 Å². The number of hydrogen-bond acceptors (Lipinski definition) is 9. The van der Waals surface area contributed by atoms with E-state index in [4.69, 9.17) is 18.9 Å². The highest BCUT2D eigenvalue weighted by atomic mass is 16.5. The number of ether oxygens (including phenoxy) is 4. The molecule has 3 unspecified atom stereocenters. The fourth-order valence-electron chi connectivity index (χ4n) is 5.83. The third kappa shape index (κ3) is 3.01. The number of hydrogen-bond donors (Lipinski definition) is 2. The number of nitrogens with zero attached hydrogens (tertiary/aromatic N) is 3. The van der Waals surface area contributed by atoms with Crippen LogP contribution in [0.4, 0.5) is 5.95 Å². The molecular formula is C29H24N4O5. The summed E-state index contributed by atoms with van der Waals surface area (Å²) in [6, 6.07) is 20.6. The normalized spacial score (nSPS) is 22.3. The number of aliphatic hydroxyl groups is 1. The maximum atomic E-state index is 13.1. The Labute approximate surface area is 219 Å². The van der Waals surface area contributed by atoms with E-state index in [2.05, 4.69) is 15.3 Å². The number of methoxy groups -OCH3 is 3. The minimum atomic E-state index is -1.83. The molecular weight excluding hydrogens is 484 g/mol. The van der Waals surface area contributed by atoms with Crippen molar-refractivity contribution in [2.45, 2.75) is 17.1 Å². The van der Waals surface area contributed by atoms with Gasteiger partial charge in [0.05, 0.1) is 38.5 Å². The van der Waals surface area contributed by atoms with Gasteiger partial charge in [-0.15, -0.1) is 0 Å². The molecule has 1 aromatic heterocycles. The van der Waals surface area contributed by atoms with Crippen molar-refractivity contribution in [2.24, 2.45) is 0 Å². The molecule has 0 fully saturated rings. The molecule has 4 aromatic rings. The van der Waals surface area contributed by atoms with Crippen LogP contribution < -0.4 is 24.3 Å². The molecule has 9 heteroatoms. The average Bonchev–Trinajstić information content (AvgIpc) is 3.35. The fraction of sp³-hybridized carbons (Fsp3) is 0.207. The van der Waals surface area contributed by atoms with Crippen LogP contribution in [-0.4, -0.2) is 36.4 Å². The standard InChI is InChI=1S/C29H24N4O5/c1-35-19-11-9-18(10-12-19)29-24(17-7-5-4-6-8-17)21-15-31-27(32-16-30)33-26(21)28(29,34)25-22(37-3)13-20(36-2)14-23(25)38-29/h4-15,24,34H,1-3H3,(H,31,32,33). The minimum Gasteiger partial charge on any atom is -0.497 e. The third-order valence-corrected chi connectivity index (χ3v) is 7.36. The molecule has 0 spiro atoms. The Balaban J connectivity index is 1.75. The SMILES string of the molecule is COc1ccc(C23Oc4cc(OC)cc(OC)c4C2(O)c2nc(NC#N)ncc2C3c2ccccc2)cc1. The van der Waals surface area contributed by atoms with Crippen molar-refractivity contribution >= 4 is 5.95 Å². The quantitative estimate of drug-likeness (QED) is 0.293. The predicted molar refractivity (Wildman–Crippen MR) is 137 cm³/mol. The summed E-state index contributed by atoms with van der Waals surface area (Å²) in [6.07, 6.45) is 3.50. The van der Waals surface area contributed by atoms with Gasteiger partial charge >= 0.3 is 0 Å². The van der Waals surface area contributed by atoms with Crippen LogP contribution in [0.15, 0.2) is 72.9 Å². The van der Waals surface area contributed by atoms with Crippen molar-refractivity contribution < 1.29 is 24.1 Å². The highest BCUT2D eigenvalue weighted by molar-refractivity contribution is 5.69. The molecule has 2 N–H and O–H groups in total. The lowest BCUT2D eigenvalue weighted by molar-refractivity contribution is -0.0909. The van der Waals surface area contributed by atoms with Gasteiger partial charge in [-0.2, -0.15) is 5.26 Å². The Morgan fingerprint density at radius 3 is 2.37 bits per heavy atom. The Bertz CT molecular complexity index is 1570. The summed E-state index contributed by atoms with van der Waals surface area (Å²) < 4.78 is 23.6. The van der Waals surface area contributed by atoms with Gasteiger partial charge < -0.3 is 24.1 Å². The zero-order valence-corrected chi connectivity index (χ0v) is 20.9. The van der Waals surface area contributed by atoms with Crippen LogP contribution in [0, 0.1) is 11.5 Å². The molecule has 9 nitrogen and oxygen atoms in total. The second-order valence-electron chi connectivity index (χ2n) is 9.06.